The predicted octanol–water partition coefficient (Wildman–Crippen LogP) is 2.56. The molecule has 0 unspecified atom stereocenters. The van der Waals surface area contributed by atoms with Gasteiger partial charge in [0.25, 0.3) is 0 Å². The molecule has 0 fully saturated rings. The molecular weight excluding hydrogens is 272 g/mol. The number of phenolic OH excluding ortho intramolecular Hbond substituents is 1. The zero-order valence-electron chi connectivity index (χ0n) is 11.0. The van der Waals surface area contributed by atoms with Crippen molar-refractivity contribution in [2.24, 2.45) is 0 Å². The third-order valence-corrected chi connectivity index (χ3v) is 3.77. The SMILES string of the molecule is O=C1C[C@@H](c2ccc3c(c2)OCO3)c2ccc(O)cc2O1. The van der Waals surface area contributed by atoms with Crippen LogP contribution in [0.1, 0.15) is 23.5 Å². The van der Waals surface area contributed by atoms with Gasteiger partial charge in [-0.15, -0.1) is 0 Å². The van der Waals surface area contributed by atoms with E-state index in [4.69, 9.17) is 14.2 Å². The molecule has 2 aliphatic heterocycles. The lowest BCUT2D eigenvalue weighted by Crippen LogP contribution is -2.20. The minimum Gasteiger partial charge on any atom is -0.508 e. The molecule has 0 spiro atoms. The van der Waals surface area contributed by atoms with Gasteiger partial charge in [0.15, 0.2) is 11.5 Å². The molecule has 0 bridgehead atoms. The predicted molar refractivity (Wildman–Crippen MR) is 72.8 cm³/mol. The number of rotatable bonds is 1. The highest BCUT2D eigenvalue weighted by Gasteiger charge is 2.29. The molecule has 1 atom stereocenters. The molecule has 2 aromatic carbocycles. The number of hydrogen-bond donors (Lipinski definition) is 1. The maximum absolute atomic E-state index is 11.8. The summed E-state index contributed by atoms with van der Waals surface area (Å²) in [6.45, 7) is 0.218. The van der Waals surface area contributed by atoms with E-state index in [1.54, 1.807) is 12.1 Å². The molecule has 0 radical (unpaired) electrons. The number of carbonyl (C=O) groups excluding carboxylic acids is 1. The second kappa shape index (κ2) is 4.41. The van der Waals surface area contributed by atoms with Gasteiger partial charge >= 0.3 is 5.97 Å². The Balaban J connectivity index is 1.80. The lowest BCUT2D eigenvalue weighted by molar-refractivity contribution is -0.135. The van der Waals surface area contributed by atoms with Gasteiger partial charge in [-0.1, -0.05) is 12.1 Å². The zero-order valence-corrected chi connectivity index (χ0v) is 11.0. The molecule has 0 saturated heterocycles. The van der Waals surface area contributed by atoms with Crippen LogP contribution in [0.4, 0.5) is 0 Å². The van der Waals surface area contributed by atoms with Gasteiger partial charge in [-0.3, -0.25) is 4.79 Å². The van der Waals surface area contributed by atoms with E-state index in [2.05, 4.69) is 0 Å². The van der Waals surface area contributed by atoms with E-state index in [1.807, 2.05) is 18.2 Å². The van der Waals surface area contributed by atoms with Crippen molar-refractivity contribution in [1.29, 1.82) is 0 Å². The van der Waals surface area contributed by atoms with Crippen molar-refractivity contribution < 1.29 is 24.1 Å². The summed E-state index contributed by atoms with van der Waals surface area (Å²) in [4.78, 5) is 11.8. The van der Waals surface area contributed by atoms with E-state index >= 15 is 0 Å². The largest absolute Gasteiger partial charge is 0.508 e. The smallest absolute Gasteiger partial charge is 0.312 e. The third-order valence-electron chi connectivity index (χ3n) is 3.77. The summed E-state index contributed by atoms with van der Waals surface area (Å²) < 4.78 is 15.9. The zero-order chi connectivity index (χ0) is 14.4. The summed E-state index contributed by atoms with van der Waals surface area (Å²) in [7, 11) is 0. The number of aromatic hydroxyl groups is 1. The lowest BCUT2D eigenvalue weighted by atomic mass is 9.86. The maximum Gasteiger partial charge on any atom is 0.312 e. The van der Waals surface area contributed by atoms with Gasteiger partial charge in [-0.25, -0.2) is 0 Å². The van der Waals surface area contributed by atoms with Crippen molar-refractivity contribution >= 4 is 5.97 Å². The van der Waals surface area contributed by atoms with Crippen LogP contribution in [0.2, 0.25) is 0 Å². The number of fused-ring (bicyclic) bond motifs is 2. The van der Waals surface area contributed by atoms with Crippen LogP contribution >= 0.6 is 0 Å². The van der Waals surface area contributed by atoms with Crippen molar-refractivity contribution in [2.75, 3.05) is 6.79 Å². The minimum absolute atomic E-state index is 0.0767. The minimum atomic E-state index is -0.309. The third kappa shape index (κ3) is 1.98. The number of ether oxygens (including phenoxy) is 3. The van der Waals surface area contributed by atoms with Gasteiger partial charge in [0.05, 0.1) is 6.42 Å². The Morgan fingerprint density at radius 2 is 1.86 bits per heavy atom. The van der Waals surface area contributed by atoms with E-state index in [9.17, 15) is 9.90 Å². The van der Waals surface area contributed by atoms with Gasteiger partial charge in [-0.05, 0) is 23.8 Å². The summed E-state index contributed by atoms with van der Waals surface area (Å²) in [6.07, 6.45) is 0.261. The quantitative estimate of drug-likeness (QED) is 0.644. The van der Waals surface area contributed by atoms with Crippen LogP contribution in [0.15, 0.2) is 36.4 Å². The topological polar surface area (TPSA) is 65.0 Å². The standard InChI is InChI=1S/C16H12O5/c17-10-2-3-11-12(7-16(18)21-14(11)6-10)9-1-4-13-15(5-9)20-8-19-13/h1-6,12,17H,7-8H2/t12-/m0/s1. The molecule has 5 heteroatoms. The Morgan fingerprint density at radius 1 is 1.00 bits per heavy atom. The lowest BCUT2D eigenvalue weighted by Gasteiger charge is -2.25. The fraction of sp³-hybridized carbons (Fsp3) is 0.188. The Labute approximate surface area is 120 Å². The normalized spacial score (nSPS) is 19.0. The molecule has 106 valence electrons. The second-order valence-corrected chi connectivity index (χ2v) is 5.07. The average molecular weight is 284 g/mol. The number of benzene rings is 2. The van der Waals surface area contributed by atoms with E-state index in [1.165, 1.54) is 6.07 Å². The molecule has 2 aliphatic rings. The van der Waals surface area contributed by atoms with Gasteiger partial charge in [0, 0.05) is 17.5 Å². The highest BCUT2D eigenvalue weighted by molar-refractivity contribution is 5.78. The molecule has 2 aromatic rings. The molecule has 0 saturated carbocycles. The molecule has 2 heterocycles. The monoisotopic (exact) mass is 284 g/mol. The van der Waals surface area contributed by atoms with Crippen LogP contribution in [-0.2, 0) is 4.79 Å². The van der Waals surface area contributed by atoms with Crippen molar-refractivity contribution in [2.45, 2.75) is 12.3 Å². The first kappa shape index (κ1) is 12.1. The highest BCUT2D eigenvalue weighted by atomic mass is 16.7. The summed E-state index contributed by atoms with van der Waals surface area (Å²) in [5.74, 6) is 1.46. The Hall–Kier alpha value is -2.69. The molecule has 21 heavy (non-hydrogen) atoms. The average Bonchev–Trinajstić information content (AvgIpc) is 2.93. The van der Waals surface area contributed by atoms with E-state index in [0.717, 1.165) is 11.1 Å². The maximum atomic E-state index is 11.8. The van der Waals surface area contributed by atoms with Gasteiger partial charge < -0.3 is 19.3 Å². The Bertz CT molecular complexity index is 737. The van der Waals surface area contributed by atoms with Crippen LogP contribution < -0.4 is 14.2 Å². The summed E-state index contributed by atoms with van der Waals surface area (Å²) >= 11 is 0. The summed E-state index contributed by atoms with van der Waals surface area (Å²) in [6, 6.07) is 10.5. The second-order valence-electron chi connectivity index (χ2n) is 5.07. The van der Waals surface area contributed by atoms with Crippen molar-refractivity contribution in [1.82, 2.24) is 0 Å². The van der Waals surface area contributed by atoms with Gasteiger partial charge in [0.2, 0.25) is 6.79 Å². The van der Waals surface area contributed by atoms with Gasteiger partial charge in [-0.2, -0.15) is 0 Å². The van der Waals surface area contributed by atoms with Crippen molar-refractivity contribution in [3.05, 3.63) is 47.5 Å². The first-order chi connectivity index (χ1) is 10.2. The number of carbonyl (C=O) groups is 1. The van der Waals surface area contributed by atoms with Crippen molar-refractivity contribution in [3.8, 4) is 23.0 Å². The van der Waals surface area contributed by atoms with E-state index in [0.29, 0.717) is 17.2 Å². The molecule has 4 rings (SSSR count). The van der Waals surface area contributed by atoms with Crippen LogP contribution in [-0.4, -0.2) is 17.9 Å². The van der Waals surface area contributed by atoms with Crippen LogP contribution in [0.25, 0.3) is 0 Å². The molecular formula is C16H12O5. The Kier molecular flexibility index (Phi) is 2.54. The Morgan fingerprint density at radius 3 is 2.76 bits per heavy atom. The number of phenols is 1. The van der Waals surface area contributed by atoms with Gasteiger partial charge in [0.1, 0.15) is 11.5 Å². The first-order valence-corrected chi connectivity index (χ1v) is 6.64. The molecule has 0 aromatic heterocycles. The van der Waals surface area contributed by atoms with E-state index in [-0.39, 0.29) is 30.9 Å². The van der Waals surface area contributed by atoms with Crippen molar-refractivity contribution in [3.63, 3.8) is 0 Å². The van der Waals surface area contributed by atoms with E-state index < -0.39 is 0 Å². The van der Waals surface area contributed by atoms with Crippen LogP contribution in [0.5, 0.6) is 23.0 Å². The summed E-state index contributed by atoms with van der Waals surface area (Å²) in [5.41, 5.74) is 1.84. The molecule has 0 aliphatic carbocycles. The molecule has 5 nitrogen and oxygen atoms in total. The van der Waals surface area contributed by atoms with Crippen LogP contribution in [0.3, 0.4) is 0 Å². The molecule has 1 N–H and O–H groups in total. The number of esters is 1. The number of hydrogen-bond acceptors (Lipinski definition) is 5. The fourth-order valence-electron chi connectivity index (χ4n) is 2.77. The van der Waals surface area contributed by atoms with Crippen LogP contribution in [0, 0.1) is 0 Å². The summed E-state index contributed by atoms with van der Waals surface area (Å²) in [5, 5.41) is 9.53. The molecule has 0 amide bonds. The highest BCUT2D eigenvalue weighted by Crippen LogP contribution is 2.43. The first-order valence-electron chi connectivity index (χ1n) is 6.64. The fourth-order valence-corrected chi connectivity index (χ4v) is 2.77.